The first kappa shape index (κ1) is 38.5. The number of aryl methyl sites for hydroxylation is 1. The fourth-order valence-electron chi connectivity index (χ4n) is 1.82. The summed E-state index contributed by atoms with van der Waals surface area (Å²) < 4.78 is 0. The van der Waals surface area contributed by atoms with E-state index in [1.54, 1.807) is 13.1 Å². The molecule has 0 heterocycles. The van der Waals surface area contributed by atoms with Crippen LogP contribution in [0.5, 0.6) is 0 Å². The van der Waals surface area contributed by atoms with Crippen molar-refractivity contribution in [2.24, 2.45) is 0 Å². The van der Waals surface area contributed by atoms with Crippen molar-refractivity contribution in [3.63, 3.8) is 0 Å². The number of aliphatic hydroxyl groups excluding tert-OH is 1. The summed E-state index contributed by atoms with van der Waals surface area (Å²) in [7, 11) is 2.67. The van der Waals surface area contributed by atoms with Gasteiger partial charge in [0.2, 0.25) is 5.91 Å². The van der Waals surface area contributed by atoms with Crippen LogP contribution in [0.1, 0.15) is 59.9 Å². The average molecular weight is 475 g/mol. The van der Waals surface area contributed by atoms with Crippen LogP contribution in [-0.4, -0.2) is 44.0 Å². The molecule has 5 heteroatoms. The van der Waals surface area contributed by atoms with E-state index < -0.39 is 0 Å². The van der Waals surface area contributed by atoms with E-state index in [1.165, 1.54) is 36.5 Å². The van der Waals surface area contributed by atoms with Crippen molar-refractivity contribution in [1.29, 1.82) is 0 Å². The van der Waals surface area contributed by atoms with Crippen LogP contribution in [0.25, 0.3) is 11.1 Å². The molecule has 2 rings (SSSR count). The number of rotatable bonds is 5. The van der Waals surface area contributed by atoms with Crippen LogP contribution in [0.15, 0.2) is 67.3 Å². The lowest BCUT2D eigenvalue weighted by molar-refractivity contribution is -0.123. The Hall–Kier alpha value is -2.76. The fraction of sp³-hybridized carbons (Fsp3) is 0.448. The molecule has 0 bridgehead atoms. The molecule has 0 saturated carbocycles. The Morgan fingerprint density at radius 1 is 0.853 bits per heavy atom. The molecule has 0 aliphatic heterocycles. The third-order valence-electron chi connectivity index (χ3n) is 3.03. The van der Waals surface area contributed by atoms with Crippen LogP contribution in [0.3, 0.4) is 0 Å². The van der Waals surface area contributed by atoms with E-state index in [0.717, 1.165) is 7.11 Å². The van der Waals surface area contributed by atoms with Gasteiger partial charge in [0.15, 0.2) is 0 Å². The lowest BCUT2D eigenvalue weighted by Crippen LogP contribution is -2.34. The Balaban J connectivity index is -0.000000190. The second kappa shape index (κ2) is 32.4. The van der Waals surface area contributed by atoms with Gasteiger partial charge in [-0.05, 0) is 38.9 Å². The Morgan fingerprint density at radius 2 is 1.24 bits per heavy atom. The third-order valence-corrected chi connectivity index (χ3v) is 3.03. The number of Topliss-reactive ketones (excluding diaryl/α,β-unsaturated/α-hetero) is 1. The SMILES string of the molecule is C=CC.CCC.CCC.CNCC(=O)NCC(C)=O.CO.Cc1ccc(-c2ccccc2)cc1. The van der Waals surface area contributed by atoms with Crippen LogP contribution in [0, 0.1) is 6.92 Å². The summed E-state index contributed by atoms with van der Waals surface area (Å²) in [5, 5.41) is 12.1. The van der Waals surface area contributed by atoms with Gasteiger partial charge >= 0.3 is 0 Å². The van der Waals surface area contributed by atoms with Crippen molar-refractivity contribution in [1.82, 2.24) is 10.6 Å². The molecule has 0 fully saturated rings. The van der Waals surface area contributed by atoms with E-state index in [-0.39, 0.29) is 24.8 Å². The number of carbonyl (C=O) groups excluding carboxylic acids is 2. The van der Waals surface area contributed by atoms with Gasteiger partial charge in [-0.15, -0.1) is 6.58 Å². The first-order valence-electron chi connectivity index (χ1n) is 11.8. The monoisotopic (exact) mass is 474 g/mol. The minimum Gasteiger partial charge on any atom is -0.400 e. The van der Waals surface area contributed by atoms with E-state index in [4.69, 9.17) is 5.11 Å². The largest absolute Gasteiger partial charge is 0.400 e. The topological polar surface area (TPSA) is 78.4 Å². The van der Waals surface area contributed by atoms with Gasteiger partial charge < -0.3 is 15.7 Å². The third kappa shape index (κ3) is 31.4. The highest BCUT2D eigenvalue weighted by Crippen LogP contribution is 2.18. The highest BCUT2D eigenvalue weighted by Gasteiger charge is 1.98. The highest BCUT2D eigenvalue weighted by molar-refractivity contribution is 5.85. The molecule has 0 aromatic heterocycles. The van der Waals surface area contributed by atoms with Gasteiger partial charge in [0.1, 0.15) is 5.78 Å². The van der Waals surface area contributed by atoms with Crippen LogP contribution in [0.2, 0.25) is 0 Å². The van der Waals surface area contributed by atoms with E-state index >= 15 is 0 Å². The number of ketones is 1. The molecule has 0 atom stereocenters. The predicted molar refractivity (Wildman–Crippen MR) is 150 cm³/mol. The second-order valence-electron chi connectivity index (χ2n) is 7.06. The normalized spacial score (nSPS) is 8.06. The first-order chi connectivity index (χ1) is 16.3. The number of nitrogens with one attached hydrogen (secondary N) is 2. The summed E-state index contributed by atoms with van der Waals surface area (Å²) in [4.78, 5) is 20.9. The lowest BCUT2D eigenvalue weighted by Gasteiger charge is -2.00. The standard InChI is InChI=1S/C13H12.C6H12N2O2.2C3H8.C3H6.CH4O/c1-11-7-9-13(10-8-11)12-5-3-2-4-6-12;1-5(9)3-8-6(10)4-7-2;3*1-3-2;1-2/h2-10H,1H3;7H,3-4H2,1-2H3,(H,8,10);2*3H2,1-2H3;3H,1H2,2H3;2H,1H3. The molecule has 0 saturated heterocycles. The van der Waals surface area contributed by atoms with Crippen molar-refractivity contribution in [3.8, 4) is 11.1 Å². The van der Waals surface area contributed by atoms with Crippen molar-refractivity contribution < 1.29 is 14.7 Å². The summed E-state index contributed by atoms with van der Waals surface area (Å²) in [6.07, 6.45) is 4.25. The van der Waals surface area contributed by atoms with Gasteiger partial charge in [-0.1, -0.05) is 107 Å². The van der Waals surface area contributed by atoms with Crippen molar-refractivity contribution in [2.75, 3.05) is 27.2 Å². The smallest absolute Gasteiger partial charge is 0.234 e. The molecule has 5 nitrogen and oxygen atoms in total. The molecule has 0 aliphatic rings. The summed E-state index contributed by atoms with van der Waals surface area (Å²) in [6, 6.07) is 19.0. The van der Waals surface area contributed by atoms with Gasteiger partial charge in [-0.25, -0.2) is 0 Å². The molecule has 0 unspecified atom stereocenters. The molecule has 0 aliphatic carbocycles. The number of allylic oxidation sites excluding steroid dienone is 1. The molecule has 1 amide bonds. The van der Waals surface area contributed by atoms with Gasteiger partial charge in [-0.2, -0.15) is 0 Å². The molecular formula is C29H50N2O3. The van der Waals surface area contributed by atoms with Gasteiger partial charge in [0.25, 0.3) is 0 Å². The minimum atomic E-state index is -0.155. The van der Waals surface area contributed by atoms with E-state index in [2.05, 4.69) is 100 Å². The molecule has 194 valence electrons. The lowest BCUT2D eigenvalue weighted by atomic mass is 10.0. The van der Waals surface area contributed by atoms with E-state index in [9.17, 15) is 9.59 Å². The Morgan fingerprint density at radius 3 is 1.59 bits per heavy atom. The quantitative estimate of drug-likeness (QED) is 0.450. The molecule has 0 spiro atoms. The fourth-order valence-corrected chi connectivity index (χ4v) is 1.82. The van der Waals surface area contributed by atoms with E-state index in [1.807, 2.05) is 13.0 Å². The summed E-state index contributed by atoms with van der Waals surface area (Å²) in [5.41, 5.74) is 3.87. The molecular weight excluding hydrogens is 424 g/mol. The minimum absolute atomic E-state index is 0.0375. The highest BCUT2D eigenvalue weighted by atomic mass is 16.2. The molecule has 0 radical (unpaired) electrons. The zero-order chi connectivity index (χ0) is 27.2. The maximum atomic E-state index is 10.6. The number of hydrogen-bond acceptors (Lipinski definition) is 4. The van der Waals surface area contributed by atoms with Gasteiger partial charge in [0, 0.05) is 7.11 Å². The van der Waals surface area contributed by atoms with E-state index in [0.29, 0.717) is 0 Å². The van der Waals surface area contributed by atoms with Crippen molar-refractivity contribution >= 4 is 11.7 Å². The predicted octanol–water partition coefficient (Wildman–Crippen LogP) is 6.21. The number of likely N-dealkylation sites (N-methyl/N-ethyl adjacent to an activating group) is 1. The second-order valence-corrected chi connectivity index (χ2v) is 7.06. The Labute approximate surface area is 209 Å². The van der Waals surface area contributed by atoms with Gasteiger partial charge in [-0.3, -0.25) is 9.59 Å². The zero-order valence-electron chi connectivity index (χ0n) is 23.1. The van der Waals surface area contributed by atoms with Crippen LogP contribution < -0.4 is 10.6 Å². The van der Waals surface area contributed by atoms with Crippen molar-refractivity contribution in [3.05, 3.63) is 72.8 Å². The number of carbonyl (C=O) groups is 2. The number of hydrogen-bond donors (Lipinski definition) is 3. The number of benzene rings is 2. The van der Waals surface area contributed by atoms with Crippen LogP contribution in [-0.2, 0) is 9.59 Å². The number of amides is 1. The number of aliphatic hydroxyl groups is 1. The summed E-state index contributed by atoms with van der Waals surface area (Å²) >= 11 is 0. The van der Waals surface area contributed by atoms with Crippen molar-refractivity contribution in [2.45, 2.75) is 61.3 Å². The summed E-state index contributed by atoms with van der Waals surface area (Å²) in [5.74, 6) is -0.192. The molecule has 2 aromatic carbocycles. The molecule has 2 aromatic rings. The Bertz CT molecular complexity index is 682. The molecule has 34 heavy (non-hydrogen) atoms. The zero-order valence-corrected chi connectivity index (χ0v) is 23.1. The molecule has 3 N–H and O–H groups in total. The maximum absolute atomic E-state index is 10.6. The maximum Gasteiger partial charge on any atom is 0.234 e. The van der Waals surface area contributed by atoms with Gasteiger partial charge in [0.05, 0.1) is 13.1 Å². The van der Waals surface area contributed by atoms with Crippen LogP contribution in [0.4, 0.5) is 0 Å². The Kier molecular flexibility index (Phi) is 36.7. The van der Waals surface area contributed by atoms with Crippen LogP contribution >= 0.6 is 0 Å². The summed E-state index contributed by atoms with van der Waals surface area (Å²) in [6.45, 7) is 17.7. The average Bonchev–Trinajstić information content (AvgIpc) is 2.82. The first-order valence-corrected chi connectivity index (χ1v) is 11.8.